The van der Waals surface area contributed by atoms with Gasteiger partial charge < -0.3 is 5.11 Å². The number of alkyl halides is 2. The van der Waals surface area contributed by atoms with E-state index in [0.29, 0.717) is 24.5 Å². The van der Waals surface area contributed by atoms with Crippen LogP contribution in [-0.2, 0) is 17.9 Å². The largest absolute Gasteiger partial charge is 0.480 e. The molecule has 0 spiro atoms. The van der Waals surface area contributed by atoms with Crippen LogP contribution < -0.4 is 0 Å². The molecule has 1 atom stereocenters. The van der Waals surface area contributed by atoms with Gasteiger partial charge >= 0.3 is 5.97 Å². The maximum atomic E-state index is 13.0. The van der Waals surface area contributed by atoms with E-state index in [2.05, 4.69) is 0 Å². The lowest BCUT2D eigenvalue weighted by molar-refractivity contribution is -0.142. The second-order valence-corrected chi connectivity index (χ2v) is 6.82. The van der Waals surface area contributed by atoms with Gasteiger partial charge in [0, 0.05) is 18.1 Å². The average molecular weight is 345 g/mol. The number of benzene rings is 1. The highest BCUT2D eigenvalue weighted by Gasteiger charge is 2.43. The third kappa shape index (κ3) is 3.82. The van der Waals surface area contributed by atoms with Crippen molar-refractivity contribution < 1.29 is 18.7 Å². The minimum absolute atomic E-state index is 0.226. The zero-order valence-electron chi connectivity index (χ0n) is 12.6. The molecule has 2 fully saturated rings. The normalized spacial score (nSPS) is 24.6. The van der Waals surface area contributed by atoms with Crippen LogP contribution in [-0.4, -0.2) is 52.5 Å². The van der Waals surface area contributed by atoms with Crippen LogP contribution >= 0.6 is 11.6 Å². The maximum absolute atomic E-state index is 13.0. The van der Waals surface area contributed by atoms with Crippen molar-refractivity contribution in [3.63, 3.8) is 0 Å². The fourth-order valence-electron chi connectivity index (χ4n) is 3.37. The lowest BCUT2D eigenvalue weighted by Gasteiger charge is -2.39. The van der Waals surface area contributed by atoms with Gasteiger partial charge in [0.15, 0.2) is 0 Å². The van der Waals surface area contributed by atoms with E-state index >= 15 is 0 Å². The van der Waals surface area contributed by atoms with Gasteiger partial charge in [-0.05, 0) is 42.6 Å². The van der Waals surface area contributed by atoms with Gasteiger partial charge in [-0.3, -0.25) is 14.6 Å². The van der Waals surface area contributed by atoms with E-state index in [1.165, 1.54) is 0 Å². The third-order valence-electron chi connectivity index (χ3n) is 4.49. The Morgan fingerprint density at radius 2 is 2.04 bits per heavy atom. The molecular formula is C16H19ClF2N2O2. The summed E-state index contributed by atoms with van der Waals surface area (Å²) < 4.78 is 26.0. The summed E-state index contributed by atoms with van der Waals surface area (Å²) in [5, 5.41) is 9.85. The van der Waals surface area contributed by atoms with Crippen LogP contribution in [0.4, 0.5) is 8.78 Å². The Balaban J connectivity index is 1.73. The van der Waals surface area contributed by atoms with Crippen LogP contribution in [0.1, 0.15) is 24.0 Å². The molecule has 1 aromatic rings. The number of nitrogens with zero attached hydrogens (tertiary/aromatic N) is 2. The molecule has 0 bridgehead atoms. The van der Waals surface area contributed by atoms with Crippen molar-refractivity contribution in [1.29, 1.82) is 0 Å². The van der Waals surface area contributed by atoms with Gasteiger partial charge in [-0.25, -0.2) is 8.78 Å². The smallest absolute Gasteiger partial charge is 0.320 e. The monoisotopic (exact) mass is 344 g/mol. The number of carbonyl (C=O) groups is 1. The molecule has 4 nitrogen and oxygen atoms in total. The fraction of sp³-hybridized carbons (Fsp3) is 0.562. The topological polar surface area (TPSA) is 43.8 Å². The van der Waals surface area contributed by atoms with Crippen molar-refractivity contribution in [3.05, 3.63) is 34.3 Å². The fourth-order valence-corrected chi connectivity index (χ4v) is 3.57. The Bertz CT molecular complexity index is 604. The average Bonchev–Trinajstić information content (AvgIpc) is 2.88. The summed E-state index contributed by atoms with van der Waals surface area (Å²) in [5.74, 6) is -3.40. The molecule has 0 saturated carbocycles. The second kappa shape index (κ2) is 6.34. The molecular weight excluding hydrogens is 326 g/mol. The first-order valence-electron chi connectivity index (χ1n) is 7.68. The first-order valence-corrected chi connectivity index (χ1v) is 8.06. The number of aliphatic carboxylic acids is 1. The minimum atomic E-state index is -2.59. The Hall–Kier alpha value is -1.24. The van der Waals surface area contributed by atoms with E-state index in [1.807, 2.05) is 17.0 Å². The number of carboxylic acid groups (broad SMARTS) is 1. The molecule has 23 heavy (non-hydrogen) atoms. The first-order chi connectivity index (χ1) is 10.8. The molecule has 3 rings (SSSR count). The van der Waals surface area contributed by atoms with Crippen molar-refractivity contribution in [2.24, 2.45) is 0 Å². The van der Waals surface area contributed by atoms with Crippen molar-refractivity contribution >= 4 is 17.6 Å². The van der Waals surface area contributed by atoms with Crippen LogP contribution in [0, 0.1) is 0 Å². The van der Waals surface area contributed by atoms with Gasteiger partial charge in [-0.1, -0.05) is 17.7 Å². The van der Waals surface area contributed by atoms with Crippen molar-refractivity contribution in [1.82, 2.24) is 9.80 Å². The summed E-state index contributed by atoms with van der Waals surface area (Å²) in [6, 6.07) is 4.93. The summed E-state index contributed by atoms with van der Waals surface area (Å²) in [6.07, 6.45) is 1.49. The standard InChI is InChI=1S/C16H19ClF2N2O2/c17-13-4-3-11(7-20-9-16(18,19)10-20)12(6-13)8-21-5-1-2-14(21)15(22)23/h3-4,6,14H,1-2,5,7-10H2,(H,22,23)/t14-/m0/s1. The van der Waals surface area contributed by atoms with Crippen LogP contribution in [0.25, 0.3) is 0 Å². The molecule has 0 aliphatic carbocycles. The summed E-state index contributed by atoms with van der Waals surface area (Å²) in [6.45, 7) is 1.20. The molecule has 0 aromatic heterocycles. The van der Waals surface area contributed by atoms with Crippen LogP contribution in [0.2, 0.25) is 5.02 Å². The summed E-state index contributed by atoms with van der Waals surface area (Å²) >= 11 is 6.06. The van der Waals surface area contributed by atoms with Crippen molar-refractivity contribution in [2.45, 2.75) is 37.9 Å². The molecule has 0 unspecified atom stereocenters. The molecule has 0 amide bonds. The highest BCUT2D eigenvalue weighted by atomic mass is 35.5. The molecule has 2 saturated heterocycles. The number of hydrogen-bond donors (Lipinski definition) is 1. The van der Waals surface area contributed by atoms with E-state index in [1.54, 1.807) is 11.0 Å². The Labute approximate surface area is 138 Å². The predicted molar refractivity (Wildman–Crippen MR) is 82.7 cm³/mol. The summed E-state index contributed by atoms with van der Waals surface area (Å²) in [7, 11) is 0. The Morgan fingerprint density at radius 1 is 1.30 bits per heavy atom. The highest BCUT2D eigenvalue weighted by Crippen LogP contribution is 2.30. The van der Waals surface area contributed by atoms with Crippen LogP contribution in [0.5, 0.6) is 0 Å². The zero-order valence-corrected chi connectivity index (χ0v) is 13.4. The van der Waals surface area contributed by atoms with Crippen LogP contribution in [0.3, 0.4) is 0 Å². The lowest BCUT2D eigenvalue weighted by atomic mass is 10.0. The lowest BCUT2D eigenvalue weighted by Crippen LogP contribution is -2.55. The quantitative estimate of drug-likeness (QED) is 0.892. The summed E-state index contributed by atoms with van der Waals surface area (Å²) in [4.78, 5) is 14.9. The first kappa shape index (κ1) is 16.6. The molecule has 2 aliphatic heterocycles. The predicted octanol–water partition coefficient (Wildman–Crippen LogP) is 2.84. The molecule has 7 heteroatoms. The van der Waals surface area contributed by atoms with Crippen LogP contribution in [0.15, 0.2) is 18.2 Å². The number of rotatable bonds is 5. The Kier molecular flexibility index (Phi) is 4.58. The SMILES string of the molecule is O=C(O)[C@@H]1CCCN1Cc1cc(Cl)ccc1CN1CC(F)(F)C1. The van der Waals surface area contributed by atoms with E-state index in [4.69, 9.17) is 11.6 Å². The highest BCUT2D eigenvalue weighted by molar-refractivity contribution is 6.30. The molecule has 1 aromatic carbocycles. The third-order valence-corrected chi connectivity index (χ3v) is 4.73. The number of hydrogen-bond acceptors (Lipinski definition) is 3. The van der Waals surface area contributed by atoms with Gasteiger partial charge in [0.1, 0.15) is 6.04 Å². The number of halogens is 3. The summed E-state index contributed by atoms with van der Waals surface area (Å²) in [5.41, 5.74) is 1.85. The number of likely N-dealkylation sites (tertiary alicyclic amines) is 2. The van der Waals surface area contributed by atoms with E-state index in [-0.39, 0.29) is 13.1 Å². The molecule has 1 N–H and O–H groups in total. The second-order valence-electron chi connectivity index (χ2n) is 6.38. The number of carboxylic acids is 1. The van der Waals surface area contributed by atoms with Gasteiger partial charge in [-0.15, -0.1) is 0 Å². The Morgan fingerprint density at radius 3 is 2.70 bits per heavy atom. The van der Waals surface area contributed by atoms with E-state index in [9.17, 15) is 18.7 Å². The van der Waals surface area contributed by atoms with E-state index in [0.717, 1.165) is 24.1 Å². The van der Waals surface area contributed by atoms with Gasteiger partial charge in [0.05, 0.1) is 13.1 Å². The molecule has 2 aliphatic rings. The van der Waals surface area contributed by atoms with Gasteiger partial charge in [0.25, 0.3) is 5.92 Å². The van der Waals surface area contributed by atoms with Gasteiger partial charge in [0.2, 0.25) is 0 Å². The van der Waals surface area contributed by atoms with Crippen molar-refractivity contribution in [2.75, 3.05) is 19.6 Å². The van der Waals surface area contributed by atoms with E-state index < -0.39 is 17.9 Å². The molecule has 126 valence electrons. The zero-order chi connectivity index (χ0) is 16.6. The van der Waals surface area contributed by atoms with Crippen molar-refractivity contribution in [3.8, 4) is 0 Å². The minimum Gasteiger partial charge on any atom is -0.480 e. The van der Waals surface area contributed by atoms with Gasteiger partial charge in [-0.2, -0.15) is 0 Å². The molecule has 2 heterocycles. The maximum Gasteiger partial charge on any atom is 0.320 e. The molecule has 0 radical (unpaired) electrons.